The first-order valence-electron chi connectivity index (χ1n) is 12.5. The molecule has 0 heterocycles. The van der Waals surface area contributed by atoms with Crippen molar-refractivity contribution in [3.05, 3.63) is 74.1 Å². The zero-order valence-electron chi connectivity index (χ0n) is 22.5. The van der Waals surface area contributed by atoms with Crippen LogP contribution in [0.2, 0.25) is 8.26 Å². The first-order valence-corrected chi connectivity index (χ1v) is 24.4. The maximum absolute atomic E-state index is 3.44. The van der Waals surface area contributed by atoms with E-state index in [1.807, 2.05) is 3.27 Å². The van der Waals surface area contributed by atoms with Crippen LogP contribution in [0.1, 0.15) is 84.1 Å². The Hall–Kier alpha value is -0.400. The van der Waals surface area contributed by atoms with E-state index in [1.54, 1.807) is 14.4 Å². The van der Waals surface area contributed by atoms with Crippen molar-refractivity contribution in [2.45, 2.75) is 87.3 Å². The number of hydrogen-bond acceptors (Lipinski definition) is 0. The number of allylic oxidation sites excluding steroid dienone is 4. The Balaban J connectivity index is 0.00000204. The van der Waals surface area contributed by atoms with Crippen molar-refractivity contribution in [2.24, 2.45) is 0 Å². The predicted octanol–water partition coefficient (Wildman–Crippen LogP) is 8.28. The molecule has 0 amide bonds. The Bertz CT molecular complexity index is 1210. The van der Waals surface area contributed by atoms with Gasteiger partial charge in [0.1, 0.15) is 0 Å². The number of rotatable bonds is 4. The molecule has 4 rings (SSSR count). The fourth-order valence-electron chi connectivity index (χ4n) is 6.27. The summed E-state index contributed by atoms with van der Waals surface area (Å²) in [6.07, 6.45) is 9.51. The van der Waals surface area contributed by atoms with Gasteiger partial charge in [-0.2, -0.15) is 0 Å². The standard InChI is InChI=1S/C21H25.C5H5.2C2H5.2ClH.H2Si.Zr/c1-20(2,3)16-7-9-18-14(12-16)11-15-13-17(21(4,5)6)8-10-19(15)18;1-2-4-5-3-1;2*1-2;;;;/h7-10,12H,11H2,1-6H3;1-3H,4H2;2*1H2,2H3;2*1H;1H2;. The van der Waals surface area contributed by atoms with Crippen LogP contribution in [0.15, 0.2) is 51.8 Å². The molecule has 0 radical (unpaired) electrons. The first kappa shape index (κ1) is 29.8. The fraction of sp³-hybridized carbons (Fsp3) is 0.467. The van der Waals surface area contributed by atoms with Crippen molar-refractivity contribution in [1.29, 1.82) is 0 Å². The van der Waals surface area contributed by atoms with Crippen molar-refractivity contribution in [3.8, 4) is 11.1 Å². The summed E-state index contributed by atoms with van der Waals surface area (Å²) in [5, 5.41) is 0. The maximum Gasteiger partial charge on any atom is -0.147 e. The SMILES string of the molecule is C[CH2][Zr](=[SiH2])([CH2]C)([C]1=CC=CC1)[c]1c(C(C)(C)C)ccc2c1Cc1cc(C(C)(C)C)ccc1-2.Cl.Cl. The summed E-state index contributed by atoms with van der Waals surface area (Å²) in [5.41, 5.74) is 9.63. The molecule has 0 aliphatic heterocycles. The summed E-state index contributed by atoms with van der Waals surface area (Å²) in [6, 6.07) is 12.3. The summed E-state index contributed by atoms with van der Waals surface area (Å²) in [5.74, 6) is 0. The second-order valence-corrected chi connectivity index (χ2v) is 38.4. The number of halogens is 2. The van der Waals surface area contributed by atoms with Crippen LogP contribution in [-0.4, -0.2) is 6.88 Å². The number of hydrogen-bond donors (Lipinski definition) is 0. The third-order valence-electron chi connectivity index (χ3n) is 8.73. The third kappa shape index (κ3) is 4.55. The van der Waals surface area contributed by atoms with E-state index in [4.69, 9.17) is 0 Å². The Morgan fingerprint density at radius 2 is 1.47 bits per heavy atom. The molecule has 4 heteroatoms. The van der Waals surface area contributed by atoms with E-state index in [0.29, 0.717) is 0 Å². The molecule has 2 aliphatic carbocycles. The average molecular weight is 595 g/mol. The van der Waals surface area contributed by atoms with E-state index in [2.05, 4.69) is 111 Å². The third-order valence-corrected chi connectivity index (χ3v) is 37.5. The molecular weight excluding hydrogens is 551 g/mol. The van der Waals surface area contributed by atoms with E-state index >= 15 is 0 Å². The van der Waals surface area contributed by atoms with Crippen molar-refractivity contribution in [2.75, 3.05) is 0 Å². The minimum absolute atomic E-state index is 0. The van der Waals surface area contributed by atoms with Crippen molar-refractivity contribution in [1.82, 2.24) is 0 Å². The molecule has 0 bridgehead atoms. The molecule has 0 spiro atoms. The van der Waals surface area contributed by atoms with Gasteiger partial charge in [0.2, 0.25) is 0 Å². The van der Waals surface area contributed by atoms with Gasteiger partial charge in [-0.15, -0.1) is 24.8 Å². The number of fused-ring (bicyclic) bond motifs is 3. The molecular formula is C30H44Cl2SiZr. The molecule has 0 unspecified atom stereocenters. The summed E-state index contributed by atoms with van der Waals surface area (Å²) in [4.78, 5) is 0. The van der Waals surface area contributed by atoms with Crippen LogP contribution in [0.5, 0.6) is 0 Å². The van der Waals surface area contributed by atoms with Gasteiger partial charge in [-0.3, -0.25) is 0 Å². The first-order chi connectivity index (χ1) is 14.8. The quantitative estimate of drug-likeness (QED) is 0.267. The smallest absolute Gasteiger partial charge is 0.147 e. The van der Waals surface area contributed by atoms with Gasteiger partial charge in [-0.05, 0) is 0 Å². The summed E-state index contributed by atoms with van der Waals surface area (Å²) >= 11 is -3.44. The van der Waals surface area contributed by atoms with Gasteiger partial charge in [-0.25, -0.2) is 0 Å². The van der Waals surface area contributed by atoms with Crippen molar-refractivity contribution < 1.29 is 17.4 Å². The van der Waals surface area contributed by atoms with Crippen LogP contribution < -0.4 is 3.27 Å². The second-order valence-electron chi connectivity index (χ2n) is 12.5. The molecule has 0 saturated carbocycles. The average Bonchev–Trinajstić information content (AvgIpc) is 3.39. The Kier molecular flexibility index (Phi) is 8.61. The zero-order valence-corrected chi connectivity index (χ0v) is 28.0. The molecule has 2 aromatic carbocycles. The molecule has 0 atom stereocenters. The van der Waals surface area contributed by atoms with Crippen molar-refractivity contribution >= 4 is 35.0 Å². The van der Waals surface area contributed by atoms with Crippen LogP contribution in [0.25, 0.3) is 11.1 Å². The molecule has 2 aromatic rings. The molecule has 2 aliphatic rings. The Labute approximate surface area is 223 Å². The van der Waals surface area contributed by atoms with Gasteiger partial charge >= 0.3 is 200 Å². The largest absolute Gasteiger partial charge is 0.147 e. The molecule has 34 heavy (non-hydrogen) atoms. The molecule has 0 aromatic heterocycles. The molecule has 186 valence electrons. The normalized spacial score (nSPS) is 15.3. The van der Waals surface area contributed by atoms with E-state index in [-0.39, 0.29) is 35.6 Å². The topological polar surface area (TPSA) is 0 Å². The second kappa shape index (κ2) is 9.81. The van der Waals surface area contributed by atoms with E-state index in [9.17, 15) is 0 Å². The van der Waals surface area contributed by atoms with Crippen LogP contribution in [0.3, 0.4) is 0 Å². The fourth-order valence-corrected chi connectivity index (χ4v) is 24.5. The minimum Gasteiger partial charge on any atom is -0.147 e. The molecule has 0 saturated heterocycles. The van der Waals surface area contributed by atoms with Gasteiger partial charge in [0.05, 0.1) is 0 Å². The van der Waals surface area contributed by atoms with E-state index in [0.717, 1.165) is 6.42 Å². The summed E-state index contributed by atoms with van der Waals surface area (Å²) < 4.78 is 6.32. The maximum atomic E-state index is 2.51. The minimum atomic E-state index is -3.44. The number of benzene rings is 2. The molecule has 0 fully saturated rings. The molecule has 0 nitrogen and oxygen atoms in total. The van der Waals surface area contributed by atoms with Crippen LogP contribution in [0, 0.1) is 0 Å². The zero-order chi connectivity index (χ0) is 23.6. The van der Waals surface area contributed by atoms with Gasteiger partial charge in [0.15, 0.2) is 0 Å². The predicted molar refractivity (Wildman–Crippen MR) is 158 cm³/mol. The van der Waals surface area contributed by atoms with Crippen LogP contribution in [-0.2, 0) is 34.6 Å². The summed E-state index contributed by atoms with van der Waals surface area (Å²) in [7, 11) is 0. The van der Waals surface area contributed by atoms with Crippen LogP contribution in [0.4, 0.5) is 0 Å². The molecule has 0 N–H and O–H groups in total. The Morgan fingerprint density at radius 1 is 0.853 bits per heavy atom. The van der Waals surface area contributed by atoms with Gasteiger partial charge in [-0.1, -0.05) is 0 Å². The van der Waals surface area contributed by atoms with E-state index in [1.165, 1.54) is 36.9 Å². The van der Waals surface area contributed by atoms with Gasteiger partial charge in [0.25, 0.3) is 0 Å². The summed E-state index contributed by atoms with van der Waals surface area (Å²) in [6.45, 7) is 21.8. The van der Waals surface area contributed by atoms with Gasteiger partial charge in [0, 0.05) is 0 Å². The van der Waals surface area contributed by atoms with Gasteiger partial charge < -0.3 is 0 Å². The van der Waals surface area contributed by atoms with E-state index < -0.39 is 17.4 Å². The van der Waals surface area contributed by atoms with Crippen LogP contribution >= 0.6 is 24.8 Å². The van der Waals surface area contributed by atoms with Crippen molar-refractivity contribution in [3.63, 3.8) is 0 Å². The monoisotopic (exact) mass is 592 g/mol. The Morgan fingerprint density at radius 3 is 1.97 bits per heavy atom.